The molecule has 0 fully saturated rings. The Morgan fingerprint density at radius 1 is 1.50 bits per heavy atom. The van der Waals surface area contributed by atoms with Gasteiger partial charge in [-0.05, 0) is 31.3 Å². The van der Waals surface area contributed by atoms with Crippen LogP contribution in [0.15, 0.2) is 34.7 Å². The van der Waals surface area contributed by atoms with Gasteiger partial charge >= 0.3 is 0 Å². The molecule has 0 aliphatic heterocycles. The Labute approximate surface area is 117 Å². The molecule has 94 valence electrons. The molecular formula is C11H9N2O2S3-. The van der Waals surface area contributed by atoms with E-state index in [-0.39, 0.29) is 0 Å². The van der Waals surface area contributed by atoms with Gasteiger partial charge in [-0.1, -0.05) is 41.3 Å². The van der Waals surface area contributed by atoms with Crippen molar-refractivity contribution in [3.63, 3.8) is 0 Å². The third kappa shape index (κ3) is 2.98. The summed E-state index contributed by atoms with van der Waals surface area (Å²) in [7, 11) is 0. The van der Waals surface area contributed by atoms with Crippen molar-refractivity contribution in [3.8, 4) is 5.69 Å². The van der Waals surface area contributed by atoms with Crippen LogP contribution in [0.2, 0.25) is 0 Å². The summed E-state index contributed by atoms with van der Waals surface area (Å²) in [6.45, 7) is 1.57. The van der Waals surface area contributed by atoms with Crippen molar-refractivity contribution in [2.45, 2.75) is 16.5 Å². The number of aliphatic carboxylic acids is 1. The first kappa shape index (κ1) is 13.3. The number of carbonyl (C=O) groups excluding carboxylic acids is 1. The van der Waals surface area contributed by atoms with E-state index in [1.54, 1.807) is 11.6 Å². The van der Waals surface area contributed by atoms with Crippen molar-refractivity contribution >= 4 is 41.3 Å². The number of para-hydroxylation sites is 1. The maximum absolute atomic E-state index is 10.7. The second-order valence-electron chi connectivity index (χ2n) is 3.46. The molecule has 2 aromatic rings. The number of hydrogen-bond donors (Lipinski definition) is 0. The standard InChI is InChI=1S/C11H10N2O2S3/c1-7(9(14)15)17-10-12-13(11(16)18-10)8-5-3-2-4-6-8/h2-7H,1H3,(H,14,15)/p-1/t7-/m1/s1. The molecule has 0 spiro atoms. The Balaban J connectivity index is 2.28. The van der Waals surface area contributed by atoms with Crippen molar-refractivity contribution in [1.82, 2.24) is 9.78 Å². The van der Waals surface area contributed by atoms with E-state index in [9.17, 15) is 9.90 Å². The molecule has 1 aromatic carbocycles. The quantitative estimate of drug-likeness (QED) is 0.637. The van der Waals surface area contributed by atoms with E-state index >= 15 is 0 Å². The fraction of sp³-hybridized carbons (Fsp3) is 0.182. The third-order valence-electron chi connectivity index (χ3n) is 2.14. The summed E-state index contributed by atoms with van der Waals surface area (Å²) < 4.78 is 2.85. The Bertz CT molecular complexity index is 606. The highest BCUT2D eigenvalue weighted by atomic mass is 32.2. The van der Waals surface area contributed by atoms with Crippen LogP contribution in [0.25, 0.3) is 5.69 Å². The Morgan fingerprint density at radius 2 is 2.17 bits per heavy atom. The molecule has 0 radical (unpaired) electrons. The Hall–Kier alpha value is -1.18. The van der Waals surface area contributed by atoms with Crippen LogP contribution >= 0.6 is 35.3 Å². The molecule has 1 aromatic heterocycles. The van der Waals surface area contributed by atoms with Crippen LogP contribution in [0.3, 0.4) is 0 Å². The van der Waals surface area contributed by atoms with E-state index in [4.69, 9.17) is 12.2 Å². The monoisotopic (exact) mass is 297 g/mol. The summed E-state index contributed by atoms with van der Waals surface area (Å²) >= 11 is 7.65. The molecule has 0 saturated heterocycles. The van der Waals surface area contributed by atoms with E-state index < -0.39 is 11.2 Å². The van der Waals surface area contributed by atoms with Gasteiger partial charge in [-0.3, -0.25) is 0 Å². The normalized spacial score (nSPS) is 12.3. The van der Waals surface area contributed by atoms with Crippen molar-refractivity contribution in [1.29, 1.82) is 0 Å². The zero-order valence-corrected chi connectivity index (χ0v) is 11.8. The molecule has 7 heteroatoms. The predicted molar refractivity (Wildman–Crippen MR) is 72.6 cm³/mol. The summed E-state index contributed by atoms with van der Waals surface area (Å²) in [6, 6.07) is 9.49. The van der Waals surface area contributed by atoms with Gasteiger partial charge in [0.2, 0.25) is 0 Å². The van der Waals surface area contributed by atoms with Crippen LogP contribution < -0.4 is 5.11 Å². The minimum absolute atomic E-state index is 0.592. The SMILES string of the molecule is C[C@@H](Sc1nn(-c2ccccc2)c(=S)s1)C(=O)[O-]. The molecule has 0 N–H and O–H groups in total. The number of benzene rings is 1. The van der Waals surface area contributed by atoms with E-state index in [0.717, 1.165) is 17.4 Å². The lowest BCUT2D eigenvalue weighted by molar-refractivity contribution is -0.304. The van der Waals surface area contributed by atoms with Crippen molar-refractivity contribution in [2.75, 3.05) is 0 Å². The lowest BCUT2D eigenvalue weighted by atomic mass is 10.3. The van der Waals surface area contributed by atoms with Crippen molar-refractivity contribution < 1.29 is 9.90 Å². The summed E-state index contributed by atoms with van der Waals surface area (Å²) in [6.07, 6.45) is 0. The number of carboxylic acids is 1. The molecule has 4 nitrogen and oxygen atoms in total. The van der Waals surface area contributed by atoms with Gasteiger partial charge in [-0.15, -0.1) is 5.10 Å². The molecule has 2 rings (SSSR count). The number of thioether (sulfide) groups is 1. The largest absolute Gasteiger partial charge is 0.549 e. The van der Waals surface area contributed by atoms with E-state index in [0.29, 0.717) is 8.29 Å². The molecule has 0 unspecified atom stereocenters. The summed E-state index contributed by atoms with van der Waals surface area (Å²) in [5, 5.41) is 14.3. The van der Waals surface area contributed by atoms with Gasteiger partial charge in [0.15, 0.2) is 8.29 Å². The average molecular weight is 297 g/mol. The molecule has 1 heterocycles. The first-order chi connectivity index (χ1) is 8.58. The lowest BCUT2D eigenvalue weighted by Gasteiger charge is -2.08. The fourth-order valence-corrected chi connectivity index (χ4v) is 3.68. The predicted octanol–water partition coefficient (Wildman–Crippen LogP) is 1.89. The van der Waals surface area contributed by atoms with Crippen LogP contribution in [0.4, 0.5) is 0 Å². The van der Waals surface area contributed by atoms with Gasteiger partial charge in [-0.2, -0.15) is 0 Å². The number of carboxylic acid groups (broad SMARTS) is 1. The molecule has 0 bridgehead atoms. The molecule has 0 aliphatic carbocycles. The number of aromatic nitrogens is 2. The number of carbonyl (C=O) groups is 1. The molecule has 18 heavy (non-hydrogen) atoms. The van der Waals surface area contributed by atoms with Gasteiger partial charge in [0.05, 0.1) is 11.7 Å². The summed E-state index contributed by atoms with van der Waals surface area (Å²) in [5.41, 5.74) is 0.867. The van der Waals surface area contributed by atoms with Crippen LogP contribution in [0.1, 0.15) is 6.92 Å². The van der Waals surface area contributed by atoms with Crippen LogP contribution in [-0.4, -0.2) is 21.0 Å². The summed E-state index contributed by atoms with van der Waals surface area (Å²) in [5.74, 6) is -1.10. The van der Waals surface area contributed by atoms with E-state index in [1.165, 1.54) is 11.3 Å². The summed E-state index contributed by atoms with van der Waals surface area (Å²) in [4.78, 5) is 10.7. The van der Waals surface area contributed by atoms with Crippen molar-refractivity contribution in [3.05, 3.63) is 34.3 Å². The fourth-order valence-electron chi connectivity index (χ4n) is 1.24. The molecular weight excluding hydrogens is 288 g/mol. The molecule has 0 saturated carbocycles. The van der Waals surface area contributed by atoms with Gasteiger partial charge in [0.25, 0.3) is 0 Å². The lowest BCUT2D eigenvalue weighted by Crippen LogP contribution is -2.31. The van der Waals surface area contributed by atoms with E-state index in [1.807, 2.05) is 30.3 Å². The van der Waals surface area contributed by atoms with Gasteiger partial charge < -0.3 is 9.90 Å². The third-order valence-corrected chi connectivity index (χ3v) is 4.53. The van der Waals surface area contributed by atoms with E-state index in [2.05, 4.69) is 5.10 Å². The zero-order valence-electron chi connectivity index (χ0n) is 9.40. The van der Waals surface area contributed by atoms with Crippen LogP contribution in [-0.2, 0) is 4.79 Å². The highest BCUT2D eigenvalue weighted by Gasteiger charge is 2.11. The first-order valence-electron chi connectivity index (χ1n) is 5.11. The second kappa shape index (κ2) is 5.64. The number of nitrogens with zero attached hydrogens (tertiary/aromatic N) is 2. The maximum atomic E-state index is 10.7. The van der Waals surface area contributed by atoms with Crippen molar-refractivity contribution in [2.24, 2.45) is 0 Å². The van der Waals surface area contributed by atoms with Crippen LogP contribution in [0.5, 0.6) is 0 Å². The number of hydrogen-bond acceptors (Lipinski definition) is 6. The highest BCUT2D eigenvalue weighted by molar-refractivity contribution is 8.02. The smallest absolute Gasteiger partial charge is 0.184 e. The molecule has 1 atom stereocenters. The Morgan fingerprint density at radius 3 is 2.78 bits per heavy atom. The second-order valence-corrected chi connectivity index (χ2v) is 6.67. The Kier molecular flexibility index (Phi) is 4.15. The molecule has 0 aliphatic rings. The average Bonchev–Trinajstić information content (AvgIpc) is 2.71. The van der Waals surface area contributed by atoms with Gasteiger partial charge in [-0.25, -0.2) is 4.68 Å². The molecule has 0 amide bonds. The minimum atomic E-state index is -1.10. The highest BCUT2D eigenvalue weighted by Crippen LogP contribution is 2.27. The van der Waals surface area contributed by atoms with Gasteiger partial charge in [0.1, 0.15) is 0 Å². The number of rotatable bonds is 4. The minimum Gasteiger partial charge on any atom is -0.549 e. The van der Waals surface area contributed by atoms with Gasteiger partial charge in [0, 0.05) is 5.25 Å². The topological polar surface area (TPSA) is 58.0 Å². The maximum Gasteiger partial charge on any atom is 0.184 e. The van der Waals surface area contributed by atoms with Crippen LogP contribution in [0, 0.1) is 3.95 Å². The first-order valence-corrected chi connectivity index (χ1v) is 7.21. The zero-order chi connectivity index (χ0) is 13.1.